The number of rotatable bonds is 5. The van der Waals surface area contributed by atoms with Crippen molar-refractivity contribution in [1.29, 1.82) is 0 Å². The average molecular weight is 461 g/mol. The Hall–Kier alpha value is -3.07. The first-order valence-corrected chi connectivity index (χ1v) is 11.2. The van der Waals surface area contributed by atoms with Gasteiger partial charge in [0.05, 0.1) is 12.7 Å². The second-order valence-corrected chi connectivity index (χ2v) is 9.58. The third-order valence-electron chi connectivity index (χ3n) is 4.80. The first-order valence-electron chi connectivity index (χ1n) is 10.4. The number of fused-ring (bicyclic) bond motifs is 1. The minimum Gasteiger partial charge on any atom is -0.465 e. The first-order chi connectivity index (χ1) is 15.2. The van der Waals surface area contributed by atoms with Gasteiger partial charge in [-0.15, -0.1) is 11.3 Å². The molecule has 32 heavy (non-hydrogen) atoms. The molecular formula is C23H28N2O6S. The maximum atomic E-state index is 12.5. The number of hydrogen-bond acceptors (Lipinski definition) is 7. The molecule has 8 nitrogen and oxygen atoms in total. The molecule has 1 aromatic heterocycles. The Morgan fingerprint density at radius 3 is 2.50 bits per heavy atom. The van der Waals surface area contributed by atoms with Crippen molar-refractivity contribution in [2.24, 2.45) is 0 Å². The lowest BCUT2D eigenvalue weighted by atomic mass is 9.91. The van der Waals surface area contributed by atoms with E-state index in [1.165, 1.54) is 18.4 Å². The normalized spacial score (nSPS) is 15.3. The van der Waals surface area contributed by atoms with Gasteiger partial charge >= 0.3 is 18.2 Å². The third-order valence-corrected chi connectivity index (χ3v) is 6.01. The second kappa shape index (κ2) is 10.0. The van der Waals surface area contributed by atoms with E-state index in [0.29, 0.717) is 29.8 Å². The molecule has 2 amide bonds. The number of alkyl carbamates (subject to hydrolysis) is 1. The van der Waals surface area contributed by atoms with Gasteiger partial charge in [0, 0.05) is 10.9 Å². The fourth-order valence-corrected chi connectivity index (χ4v) is 4.66. The maximum absolute atomic E-state index is 12.5. The maximum Gasteiger partial charge on any atom is 0.412 e. The van der Waals surface area contributed by atoms with E-state index < -0.39 is 23.8 Å². The van der Waals surface area contributed by atoms with Crippen molar-refractivity contribution in [2.45, 2.75) is 58.3 Å². The van der Waals surface area contributed by atoms with E-state index in [1.54, 1.807) is 20.8 Å². The zero-order valence-corrected chi connectivity index (χ0v) is 19.5. The van der Waals surface area contributed by atoms with E-state index in [4.69, 9.17) is 14.2 Å². The standard InChI is InChI=1S/C23H28N2O6S/c1-23(2,3)31-22(28)25-19-18(20(26)29-4)16-12-15(10-11-17(16)32-19)24-21(27)30-13-14-8-6-5-7-9-14/h5-9,15H,10-13H2,1-4H3,(H,24,27)(H,25,28). The number of ether oxygens (including phenoxy) is 3. The molecule has 1 aromatic carbocycles. The number of carbonyl (C=O) groups is 3. The number of nitrogens with one attached hydrogen (secondary N) is 2. The summed E-state index contributed by atoms with van der Waals surface area (Å²) in [6, 6.07) is 9.23. The average Bonchev–Trinajstić information content (AvgIpc) is 3.08. The SMILES string of the molecule is COC(=O)c1c(NC(=O)OC(C)(C)C)sc2c1CC(NC(=O)OCc1ccccc1)CC2. The number of carbonyl (C=O) groups excluding carboxylic acids is 3. The molecule has 1 atom stereocenters. The molecule has 2 aromatic rings. The summed E-state index contributed by atoms with van der Waals surface area (Å²) in [5, 5.41) is 5.94. The molecule has 0 saturated carbocycles. The molecule has 2 N–H and O–H groups in total. The molecule has 0 fully saturated rings. The number of anilines is 1. The number of hydrogen-bond donors (Lipinski definition) is 2. The monoisotopic (exact) mass is 460 g/mol. The predicted octanol–water partition coefficient (Wildman–Crippen LogP) is 4.67. The van der Waals surface area contributed by atoms with E-state index in [9.17, 15) is 14.4 Å². The van der Waals surface area contributed by atoms with Crippen LogP contribution >= 0.6 is 11.3 Å². The Morgan fingerprint density at radius 1 is 1.12 bits per heavy atom. The highest BCUT2D eigenvalue weighted by Crippen LogP contribution is 2.39. The van der Waals surface area contributed by atoms with Gasteiger partial charge in [0.2, 0.25) is 0 Å². The van der Waals surface area contributed by atoms with Gasteiger partial charge < -0.3 is 19.5 Å². The highest BCUT2D eigenvalue weighted by atomic mass is 32.1. The van der Waals surface area contributed by atoms with Gasteiger partial charge in [-0.1, -0.05) is 30.3 Å². The Kier molecular flexibility index (Phi) is 7.40. The van der Waals surface area contributed by atoms with Gasteiger partial charge in [-0.25, -0.2) is 14.4 Å². The Labute approximate surface area is 191 Å². The minimum atomic E-state index is -0.665. The van der Waals surface area contributed by atoms with E-state index in [-0.39, 0.29) is 12.6 Å². The van der Waals surface area contributed by atoms with Crippen LogP contribution in [-0.4, -0.2) is 36.9 Å². The summed E-state index contributed by atoms with van der Waals surface area (Å²) in [6.45, 7) is 5.47. The van der Waals surface area contributed by atoms with Crippen molar-refractivity contribution >= 4 is 34.5 Å². The molecule has 1 unspecified atom stereocenters. The number of thiophene rings is 1. The summed E-state index contributed by atoms with van der Waals surface area (Å²) >= 11 is 1.33. The van der Waals surface area contributed by atoms with Gasteiger partial charge in [0.15, 0.2) is 0 Å². The van der Waals surface area contributed by atoms with Crippen molar-refractivity contribution in [2.75, 3.05) is 12.4 Å². The summed E-state index contributed by atoms with van der Waals surface area (Å²) in [6.07, 6.45) is 0.640. The molecule has 1 aliphatic rings. The highest BCUT2D eigenvalue weighted by Gasteiger charge is 2.31. The lowest BCUT2D eigenvalue weighted by molar-refractivity contribution is 0.0601. The van der Waals surface area contributed by atoms with E-state index in [2.05, 4.69) is 10.6 Å². The highest BCUT2D eigenvalue weighted by molar-refractivity contribution is 7.17. The summed E-state index contributed by atoms with van der Waals surface area (Å²) in [4.78, 5) is 38.0. The Balaban J connectivity index is 1.68. The van der Waals surface area contributed by atoms with Gasteiger partial charge in [-0.3, -0.25) is 5.32 Å². The van der Waals surface area contributed by atoms with Gasteiger partial charge in [0.1, 0.15) is 17.2 Å². The summed E-state index contributed by atoms with van der Waals surface area (Å²) in [7, 11) is 1.29. The third kappa shape index (κ3) is 6.23. The molecule has 1 heterocycles. The zero-order valence-electron chi connectivity index (χ0n) is 18.7. The lowest BCUT2D eigenvalue weighted by Gasteiger charge is -2.23. The quantitative estimate of drug-likeness (QED) is 0.497. The van der Waals surface area contributed by atoms with Crippen LogP contribution in [0.25, 0.3) is 0 Å². The molecule has 0 spiro atoms. The second-order valence-electron chi connectivity index (χ2n) is 8.47. The summed E-state index contributed by atoms with van der Waals surface area (Å²) < 4.78 is 15.6. The number of amides is 2. The molecule has 9 heteroatoms. The molecule has 3 rings (SSSR count). The van der Waals surface area contributed by atoms with Crippen LogP contribution in [0.5, 0.6) is 0 Å². The van der Waals surface area contributed by atoms with Gasteiger partial charge in [-0.05, 0) is 51.2 Å². The lowest BCUT2D eigenvalue weighted by Crippen LogP contribution is -2.39. The topological polar surface area (TPSA) is 103 Å². The fourth-order valence-electron chi connectivity index (χ4n) is 3.44. The van der Waals surface area contributed by atoms with Crippen molar-refractivity contribution in [3.63, 3.8) is 0 Å². The summed E-state index contributed by atoms with van der Waals surface area (Å²) in [5.74, 6) is -0.541. The van der Waals surface area contributed by atoms with Crippen molar-refractivity contribution < 1.29 is 28.6 Å². The number of methoxy groups -OCH3 is 1. The van der Waals surface area contributed by atoms with Crippen LogP contribution < -0.4 is 10.6 Å². The fraction of sp³-hybridized carbons (Fsp3) is 0.435. The molecule has 0 saturated heterocycles. The number of aryl methyl sites for hydroxylation is 1. The largest absolute Gasteiger partial charge is 0.465 e. The predicted molar refractivity (Wildman–Crippen MR) is 121 cm³/mol. The molecule has 1 aliphatic carbocycles. The van der Waals surface area contributed by atoms with E-state index in [0.717, 1.165) is 16.0 Å². The zero-order chi connectivity index (χ0) is 23.3. The first kappa shape index (κ1) is 23.6. The van der Waals surface area contributed by atoms with Crippen LogP contribution in [0.15, 0.2) is 30.3 Å². The Bertz CT molecular complexity index is 980. The van der Waals surface area contributed by atoms with Gasteiger partial charge in [0.25, 0.3) is 0 Å². The van der Waals surface area contributed by atoms with Crippen molar-refractivity contribution in [3.05, 3.63) is 51.9 Å². The van der Waals surface area contributed by atoms with Crippen LogP contribution in [0.2, 0.25) is 0 Å². The van der Waals surface area contributed by atoms with Crippen LogP contribution in [0.1, 0.15) is 53.6 Å². The molecule has 0 bridgehead atoms. The van der Waals surface area contributed by atoms with Gasteiger partial charge in [-0.2, -0.15) is 0 Å². The molecular weight excluding hydrogens is 432 g/mol. The van der Waals surface area contributed by atoms with Crippen LogP contribution in [0.3, 0.4) is 0 Å². The van der Waals surface area contributed by atoms with Crippen LogP contribution in [-0.2, 0) is 33.7 Å². The molecule has 172 valence electrons. The van der Waals surface area contributed by atoms with Crippen LogP contribution in [0, 0.1) is 0 Å². The molecule has 0 radical (unpaired) electrons. The smallest absolute Gasteiger partial charge is 0.412 e. The van der Waals surface area contributed by atoms with E-state index in [1.807, 2.05) is 30.3 Å². The summed E-state index contributed by atoms with van der Waals surface area (Å²) in [5.41, 5.74) is 1.31. The van der Waals surface area contributed by atoms with E-state index >= 15 is 0 Å². The van der Waals surface area contributed by atoms with Crippen molar-refractivity contribution in [3.8, 4) is 0 Å². The molecule has 0 aliphatic heterocycles. The van der Waals surface area contributed by atoms with Crippen molar-refractivity contribution in [1.82, 2.24) is 5.32 Å². The van der Waals surface area contributed by atoms with Crippen LogP contribution in [0.4, 0.5) is 14.6 Å². The number of benzene rings is 1. The minimum absolute atomic E-state index is 0.181. The number of esters is 1. The Morgan fingerprint density at radius 2 is 1.84 bits per heavy atom.